The number of sulfonamides is 1. The van der Waals surface area contributed by atoms with E-state index in [4.69, 9.17) is 18.9 Å². The first-order chi connectivity index (χ1) is 19.3. The van der Waals surface area contributed by atoms with Crippen LogP contribution in [0.1, 0.15) is 18.4 Å². The van der Waals surface area contributed by atoms with Gasteiger partial charge in [-0.3, -0.25) is 9.52 Å². The highest BCUT2D eigenvalue weighted by atomic mass is 32.2. The van der Waals surface area contributed by atoms with Gasteiger partial charge in [0.25, 0.3) is 10.0 Å². The van der Waals surface area contributed by atoms with E-state index in [-0.39, 0.29) is 4.90 Å². The lowest BCUT2D eigenvalue weighted by Gasteiger charge is -2.22. The summed E-state index contributed by atoms with van der Waals surface area (Å²) in [5.74, 6) is 1.55. The monoisotopic (exact) mass is 567 g/mol. The summed E-state index contributed by atoms with van der Waals surface area (Å²) in [6.07, 6.45) is 5.02. The second kappa shape index (κ2) is 12.6. The molecule has 0 unspecified atom stereocenters. The van der Waals surface area contributed by atoms with E-state index in [1.807, 2.05) is 0 Å². The van der Waals surface area contributed by atoms with E-state index in [2.05, 4.69) is 14.9 Å². The highest BCUT2D eigenvalue weighted by Gasteiger charge is 2.21. The molecule has 3 aromatic carbocycles. The summed E-state index contributed by atoms with van der Waals surface area (Å²) in [6, 6.07) is 14.8. The minimum atomic E-state index is -3.93. The van der Waals surface area contributed by atoms with Crippen LogP contribution in [-0.2, 0) is 14.8 Å². The summed E-state index contributed by atoms with van der Waals surface area (Å²) < 4.78 is 50.2. The van der Waals surface area contributed by atoms with Crippen LogP contribution in [-0.4, -0.2) is 55.9 Å². The molecule has 40 heavy (non-hydrogen) atoms. The van der Waals surface area contributed by atoms with Gasteiger partial charge in [0.15, 0.2) is 11.5 Å². The van der Waals surface area contributed by atoms with E-state index in [1.165, 1.54) is 40.6 Å². The molecule has 212 valence electrons. The van der Waals surface area contributed by atoms with E-state index in [0.29, 0.717) is 39.9 Å². The van der Waals surface area contributed by atoms with Crippen molar-refractivity contribution in [3.8, 4) is 23.0 Å². The lowest BCUT2D eigenvalue weighted by atomic mass is 10.1. The summed E-state index contributed by atoms with van der Waals surface area (Å²) in [5, 5.41) is 2.87. The fraction of sp³-hybridized carbons (Fsp3) is 0.276. The zero-order chi connectivity index (χ0) is 28.7. The van der Waals surface area contributed by atoms with E-state index in [1.54, 1.807) is 54.6 Å². The smallest absolute Gasteiger partial charge is 0.261 e. The molecule has 4 rings (SSSR count). The first-order valence-electron chi connectivity index (χ1n) is 12.6. The lowest BCUT2D eigenvalue weighted by molar-refractivity contribution is -0.111. The fourth-order valence-electron chi connectivity index (χ4n) is 4.43. The van der Waals surface area contributed by atoms with Crippen LogP contribution in [0.15, 0.2) is 65.6 Å². The van der Waals surface area contributed by atoms with Crippen LogP contribution in [0.3, 0.4) is 0 Å². The van der Waals surface area contributed by atoms with Gasteiger partial charge < -0.3 is 29.2 Å². The Bertz CT molecular complexity index is 1460. The van der Waals surface area contributed by atoms with E-state index in [9.17, 15) is 13.2 Å². The van der Waals surface area contributed by atoms with Gasteiger partial charge in [0, 0.05) is 24.9 Å². The van der Waals surface area contributed by atoms with Crippen molar-refractivity contribution in [2.45, 2.75) is 17.7 Å². The maximum Gasteiger partial charge on any atom is 0.261 e. The number of carbonyl (C=O) groups is 1. The Morgan fingerprint density at radius 1 is 0.850 bits per heavy atom. The Hall–Kier alpha value is -4.38. The summed E-state index contributed by atoms with van der Waals surface area (Å²) >= 11 is 0. The average molecular weight is 568 g/mol. The van der Waals surface area contributed by atoms with Crippen molar-refractivity contribution < 1.29 is 32.2 Å². The predicted molar refractivity (Wildman–Crippen MR) is 155 cm³/mol. The quantitative estimate of drug-likeness (QED) is 0.318. The van der Waals surface area contributed by atoms with Gasteiger partial charge in [-0.05, 0) is 79.1 Å². The molecule has 1 fully saturated rings. The van der Waals surface area contributed by atoms with Gasteiger partial charge in [0.05, 0.1) is 44.7 Å². The SMILES string of the molecule is COc1ccc(NS(=O)(=O)c2ccc(N3CCCC3)c(NC(=O)/C=C/c3cc(OC)c(OC)c(OC)c3)c2)cc1. The van der Waals surface area contributed by atoms with E-state index in [0.717, 1.165) is 31.6 Å². The molecular weight excluding hydrogens is 534 g/mol. The number of amides is 1. The number of benzene rings is 3. The largest absolute Gasteiger partial charge is 0.497 e. The van der Waals surface area contributed by atoms with Gasteiger partial charge in [-0.2, -0.15) is 0 Å². The van der Waals surface area contributed by atoms with Crippen LogP contribution in [0.5, 0.6) is 23.0 Å². The number of carbonyl (C=O) groups excluding carboxylic acids is 1. The zero-order valence-electron chi connectivity index (χ0n) is 22.9. The first-order valence-corrected chi connectivity index (χ1v) is 14.1. The van der Waals surface area contributed by atoms with Gasteiger partial charge in [0.2, 0.25) is 11.7 Å². The molecule has 0 aromatic heterocycles. The minimum absolute atomic E-state index is 0.0233. The van der Waals surface area contributed by atoms with Gasteiger partial charge >= 0.3 is 0 Å². The van der Waals surface area contributed by atoms with Gasteiger partial charge in [-0.15, -0.1) is 0 Å². The number of hydrogen-bond acceptors (Lipinski definition) is 8. The standard InChI is InChI=1S/C29H33N3O7S/c1-36-22-10-8-21(9-11-22)31-40(34,35)23-12-13-25(32-15-5-6-16-32)24(19-23)30-28(33)14-7-20-17-26(37-2)29(39-4)27(18-20)38-3/h7-14,17-19,31H,5-6,15-16H2,1-4H3,(H,30,33)/b14-7+. The Balaban J connectivity index is 1.60. The van der Waals surface area contributed by atoms with Crippen LogP contribution in [0.4, 0.5) is 17.1 Å². The molecule has 1 aliphatic rings. The third kappa shape index (κ3) is 6.60. The highest BCUT2D eigenvalue weighted by Crippen LogP contribution is 2.38. The third-order valence-electron chi connectivity index (χ3n) is 6.44. The van der Waals surface area contributed by atoms with Crippen molar-refractivity contribution >= 4 is 39.1 Å². The molecule has 11 heteroatoms. The minimum Gasteiger partial charge on any atom is -0.497 e. The molecule has 1 saturated heterocycles. The van der Waals surface area contributed by atoms with Crippen molar-refractivity contribution in [2.24, 2.45) is 0 Å². The molecule has 2 N–H and O–H groups in total. The maximum absolute atomic E-state index is 13.2. The van der Waals surface area contributed by atoms with Gasteiger partial charge in [-0.25, -0.2) is 8.42 Å². The number of nitrogens with one attached hydrogen (secondary N) is 2. The number of methoxy groups -OCH3 is 4. The molecule has 0 aliphatic carbocycles. The molecule has 10 nitrogen and oxygen atoms in total. The Kier molecular flexibility index (Phi) is 9.05. The maximum atomic E-state index is 13.2. The summed E-state index contributed by atoms with van der Waals surface area (Å²) in [7, 11) is 2.16. The van der Waals surface area contributed by atoms with Gasteiger partial charge in [-0.1, -0.05) is 0 Å². The number of anilines is 3. The summed E-state index contributed by atoms with van der Waals surface area (Å²) in [4.78, 5) is 15.2. The second-order valence-corrected chi connectivity index (χ2v) is 10.7. The van der Waals surface area contributed by atoms with Crippen LogP contribution >= 0.6 is 0 Å². The second-order valence-electron chi connectivity index (χ2n) is 8.99. The Morgan fingerprint density at radius 2 is 1.50 bits per heavy atom. The highest BCUT2D eigenvalue weighted by molar-refractivity contribution is 7.92. The first kappa shape index (κ1) is 28.6. The molecule has 0 spiro atoms. The van der Waals surface area contributed by atoms with Crippen molar-refractivity contribution in [3.63, 3.8) is 0 Å². The fourth-order valence-corrected chi connectivity index (χ4v) is 5.52. The Morgan fingerprint density at radius 3 is 2.08 bits per heavy atom. The lowest BCUT2D eigenvalue weighted by Crippen LogP contribution is -2.21. The Labute approximate surface area is 234 Å². The summed E-state index contributed by atoms with van der Waals surface area (Å²) in [6.45, 7) is 1.64. The van der Waals surface area contributed by atoms with E-state index >= 15 is 0 Å². The van der Waals surface area contributed by atoms with Crippen molar-refractivity contribution in [2.75, 3.05) is 56.5 Å². The van der Waals surface area contributed by atoms with Crippen LogP contribution < -0.4 is 33.9 Å². The molecule has 1 heterocycles. The van der Waals surface area contributed by atoms with Crippen LogP contribution in [0.25, 0.3) is 6.08 Å². The van der Waals surface area contributed by atoms with Gasteiger partial charge in [0.1, 0.15) is 5.75 Å². The molecule has 1 amide bonds. The molecule has 1 aliphatic heterocycles. The molecule has 0 saturated carbocycles. The van der Waals surface area contributed by atoms with Crippen LogP contribution in [0, 0.1) is 0 Å². The van der Waals surface area contributed by atoms with Crippen molar-refractivity contribution in [1.29, 1.82) is 0 Å². The molecular formula is C29H33N3O7S. The number of hydrogen-bond donors (Lipinski definition) is 2. The molecule has 0 atom stereocenters. The zero-order valence-corrected chi connectivity index (χ0v) is 23.7. The van der Waals surface area contributed by atoms with Crippen LogP contribution in [0.2, 0.25) is 0 Å². The predicted octanol–water partition coefficient (Wildman–Crippen LogP) is 4.77. The molecule has 0 radical (unpaired) electrons. The average Bonchev–Trinajstić information content (AvgIpc) is 3.50. The topological polar surface area (TPSA) is 115 Å². The number of rotatable bonds is 11. The number of nitrogens with zero attached hydrogens (tertiary/aromatic N) is 1. The molecule has 3 aromatic rings. The van der Waals surface area contributed by atoms with Crippen molar-refractivity contribution in [3.05, 3.63) is 66.2 Å². The van der Waals surface area contributed by atoms with Crippen molar-refractivity contribution in [1.82, 2.24) is 0 Å². The number of ether oxygens (including phenoxy) is 4. The van der Waals surface area contributed by atoms with E-state index < -0.39 is 15.9 Å². The normalized spacial score (nSPS) is 13.2. The molecule has 0 bridgehead atoms. The summed E-state index contributed by atoms with van der Waals surface area (Å²) in [5.41, 5.74) is 2.21. The third-order valence-corrected chi connectivity index (χ3v) is 7.82.